The minimum atomic E-state index is -0.295. The largest absolute Gasteiger partial charge is 0.495 e. The molecule has 1 aromatic heterocycles. The van der Waals surface area contributed by atoms with Gasteiger partial charge in [-0.3, -0.25) is 0 Å². The van der Waals surface area contributed by atoms with Crippen LogP contribution >= 0.6 is 0 Å². The lowest BCUT2D eigenvalue weighted by Gasteiger charge is -2.37. The van der Waals surface area contributed by atoms with Crippen molar-refractivity contribution in [1.29, 1.82) is 0 Å². The Kier molecular flexibility index (Phi) is 6.03. The number of fused-ring (bicyclic) bond motifs is 3. The summed E-state index contributed by atoms with van der Waals surface area (Å²) in [5, 5.41) is 0. The van der Waals surface area contributed by atoms with Crippen molar-refractivity contribution in [3.63, 3.8) is 0 Å². The van der Waals surface area contributed by atoms with Crippen LogP contribution in [0, 0.1) is 0 Å². The van der Waals surface area contributed by atoms with Crippen LogP contribution in [0.1, 0.15) is 36.0 Å². The summed E-state index contributed by atoms with van der Waals surface area (Å²) in [6, 6.07) is 10.3. The van der Waals surface area contributed by atoms with Crippen LogP contribution in [-0.2, 0) is 24.4 Å². The summed E-state index contributed by atoms with van der Waals surface area (Å²) in [6.45, 7) is 2.56. The fourth-order valence-corrected chi connectivity index (χ4v) is 6.43. The van der Waals surface area contributed by atoms with Gasteiger partial charge in [0.2, 0.25) is 0 Å². The van der Waals surface area contributed by atoms with E-state index in [0.717, 1.165) is 19.3 Å². The Morgan fingerprint density at radius 3 is 2.61 bits per heavy atom. The Hall–Kier alpha value is -3.80. The molecule has 38 heavy (non-hydrogen) atoms. The minimum Gasteiger partial charge on any atom is -0.495 e. The van der Waals surface area contributed by atoms with Gasteiger partial charge in [-0.1, -0.05) is 48.1 Å². The standard InChI is InChI=1S/C33H30O5/c1-2-24-6-4-23-5-7-25-19-27-10-12-34-14-15-35-16-17-37-22-30-9-8-29(38-30)21-36-13-11-28-20-26(3-1)32(24)33(27,28)31(25)18-23/h1-6,8-11,13,20-22H,7,12,14-19H2/b6-4+,13-11-,27-10?,29-21-,30-22?/t33-/m0/s1. The van der Waals surface area contributed by atoms with Gasteiger partial charge in [0, 0.05) is 0 Å². The number of furan rings is 1. The fraction of sp³-hybridized carbons (Fsp3) is 0.273. The first kappa shape index (κ1) is 23.3. The van der Waals surface area contributed by atoms with Crippen LogP contribution in [0.5, 0.6) is 0 Å². The van der Waals surface area contributed by atoms with Crippen LogP contribution in [0.3, 0.4) is 0 Å². The van der Waals surface area contributed by atoms with Crippen LogP contribution in [0.2, 0.25) is 0 Å². The van der Waals surface area contributed by atoms with Crippen molar-refractivity contribution in [3.8, 4) is 0 Å². The third-order valence-corrected chi connectivity index (χ3v) is 8.00. The van der Waals surface area contributed by atoms with Gasteiger partial charge in [0.25, 0.3) is 0 Å². The summed E-state index contributed by atoms with van der Waals surface area (Å²) in [6.07, 6.45) is 21.7. The number of rotatable bonds is 0. The van der Waals surface area contributed by atoms with E-state index in [-0.39, 0.29) is 5.41 Å². The highest BCUT2D eigenvalue weighted by atomic mass is 16.5. The van der Waals surface area contributed by atoms with Crippen LogP contribution < -0.4 is 10.8 Å². The molecule has 0 amide bonds. The molecule has 4 aliphatic carbocycles. The number of benzene rings is 1. The molecule has 192 valence electrons. The Labute approximate surface area is 222 Å². The molecule has 0 fully saturated rings. The summed E-state index contributed by atoms with van der Waals surface area (Å²) in [5.41, 5.74) is 12.0. The number of allylic oxidation sites excluding steroid dienone is 8. The van der Waals surface area contributed by atoms with E-state index < -0.39 is 0 Å². The second-order valence-corrected chi connectivity index (χ2v) is 10.1. The van der Waals surface area contributed by atoms with E-state index in [9.17, 15) is 0 Å². The van der Waals surface area contributed by atoms with Crippen molar-refractivity contribution < 1.29 is 23.4 Å². The molecule has 1 spiro atoms. The molecule has 5 aliphatic rings. The molecule has 0 saturated carbocycles. The Morgan fingerprint density at radius 2 is 1.63 bits per heavy atom. The molecule has 1 aliphatic heterocycles. The SMILES string of the molecule is C1=C2/C=C/c3cccc4c3[C@]35C(=C4)/C=C\O/C=c4/ccc(o4)=COCCOCCOCC=C3CC(=C5C2)C1. The van der Waals surface area contributed by atoms with E-state index in [4.69, 9.17) is 23.4 Å². The van der Waals surface area contributed by atoms with E-state index in [1.807, 2.05) is 12.1 Å². The predicted molar refractivity (Wildman–Crippen MR) is 147 cm³/mol. The lowest BCUT2D eigenvalue weighted by Crippen LogP contribution is -2.30. The van der Waals surface area contributed by atoms with E-state index >= 15 is 0 Å². The first-order chi connectivity index (χ1) is 18.8. The molecule has 0 saturated heterocycles. The molecule has 2 aromatic rings. The van der Waals surface area contributed by atoms with Gasteiger partial charge < -0.3 is 23.4 Å². The quantitative estimate of drug-likeness (QED) is 0.468. The highest BCUT2D eigenvalue weighted by Gasteiger charge is 2.52. The van der Waals surface area contributed by atoms with Crippen molar-refractivity contribution in [1.82, 2.24) is 0 Å². The van der Waals surface area contributed by atoms with Crippen LogP contribution in [0.25, 0.3) is 24.7 Å². The third-order valence-electron chi connectivity index (χ3n) is 8.00. The molecule has 1 atom stereocenters. The zero-order chi connectivity index (χ0) is 25.4. The van der Waals surface area contributed by atoms with Gasteiger partial charge in [0.05, 0.1) is 38.1 Å². The average Bonchev–Trinajstić information content (AvgIpc) is 3.60. The second-order valence-electron chi connectivity index (χ2n) is 10.1. The Bertz CT molecular complexity index is 1570. The van der Waals surface area contributed by atoms with Crippen LogP contribution in [-0.4, -0.2) is 33.0 Å². The van der Waals surface area contributed by atoms with E-state index in [1.165, 1.54) is 44.6 Å². The molecule has 1 aromatic carbocycles. The monoisotopic (exact) mass is 506 g/mol. The van der Waals surface area contributed by atoms with Gasteiger partial charge in [-0.15, -0.1) is 0 Å². The number of ether oxygens (including phenoxy) is 4. The maximum atomic E-state index is 6.02. The first-order valence-corrected chi connectivity index (χ1v) is 13.3. The van der Waals surface area contributed by atoms with Crippen molar-refractivity contribution in [2.45, 2.75) is 24.7 Å². The van der Waals surface area contributed by atoms with Crippen molar-refractivity contribution in [3.05, 3.63) is 116 Å². The maximum Gasteiger partial charge on any atom is 0.162 e. The van der Waals surface area contributed by atoms with Crippen molar-refractivity contribution >= 4 is 24.7 Å². The van der Waals surface area contributed by atoms with E-state index in [0.29, 0.717) is 43.9 Å². The number of hydrogen-bond acceptors (Lipinski definition) is 5. The van der Waals surface area contributed by atoms with E-state index in [1.54, 1.807) is 18.8 Å². The molecule has 7 rings (SSSR count). The van der Waals surface area contributed by atoms with Gasteiger partial charge in [0.15, 0.2) is 10.8 Å². The minimum absolute atomic E-state index is 0.295. The second kappa shape index (κ2) is 9.82. The zero-order valence-corrected chi connectivity index (χ0v) is 21.3. The molecule has 0 radical (unpaired) electrons. The Balaban J connectivity index is 1.34. The average molecular weight is 507 g/mol. The topological polar surface area (TPSA) is 50.1 Å². The summed E-state index contributed by atoms with van der Waals surface area (Å²) >= 11 is 0. The van der Waals surface area contributed by atoms with Crippen LogP contribution in [0.4, 0.5) is 0 Å². The fourth-order valence-electron chi connectivity index (χ4n) is 6.43. The first-order valence-electron chi connectivity index (χ1n) is 13.3. The normalized spacial score (nSPS) is 26.9. The lowest BCUT2D eigenvalue weighted by atomic mass is 9.65. The highest BCUT2D eigenvalue weighted by Crippen LogP contribution is 2.62. The van der Waals surface area contributed by atoms with Gasteiger partial charge in [-0.05, 0) is 82.5 Å². The zero-order valence-electron chi connectivity index (χ0n) is 21.3. The summed E-state index contributed by atoms with van der Waals surface area (Å²) < 4.78 is 28.9. The summed E-state index contributed by atoms with van der Waals surface area (Å²) in [5.74, 6) is 0. The van der Waals surface area contributed by atoms with Gasteiger partial charge >= 0.3 is 0 Å². The Morgan fingerprint density at radius 1 is 0.763 bits per heavy atom. The smallest absolute Gasteiger partial charge is 0.162 e. The summed E-state index contributed by atoms with van der Waals surface area (Å²) in [4.78, 5) is 0. The third kappa shape index (κ3) is 3.94. The number of hydrogen-bond donors (Lipinski definition) is 0. The predicted octanol–water partition coefficient (Wildman–Crippen LogP) is 5.06. The lowest BCUT2D eigenvalue weighted by molar-refractivity contribution is 0.0418. The van der Waals surface area contributed by atoms with Gasteiger partial charge in [0.1, 0.15) is 19.1 Å². The molecular formula is C33H30O5. The van der Waals surface area contributed by atoms with Gasteiger partial charge in [-0.25, -0.2) is 0 Å². The van der Waals surface area contributed by atoms with E-state index in [2.05, 4.69) is 54.7 Å². The van der Waals surface area contributed by atoms with Crippen molar-refractivity contribution in [2.75, 3.05) is 33.0 Å². The summed E-state index contributed by atoms with van der Waals surface area (Å²) in [7, 11) is 0. The molecular weight excluding hydrogens is 476 g/mol. The van der Waals surface area contributed by atoms with Crippen molar-refractivity contribution in [2.24, 2.45) is 0 Å². The molecule has 0 unspecified atom stereocenters. The molecule has 2 heterocycles. The molecule has 5 heteroatoms. The van der Waals surface area contributed by atoms with Crippen LogP contribution in [0.15, 0.2) is 93.2 Å². The van der Waals surface area contributed by atoms with Gasteiger partial charge in [-0.2, -0.15) is 0 Å². The molecule has 5 nitrogen and oxygen atoms in total. The molecule has 4 bridgehead atoms. The maximum absolute atomic E-state index is 6.02. The molecule has 0 N–H and O–H groups in total. The highest BCUT2D eigenvalue weighted by molar-refractivity contribution is 5.86.